The number of carbonyl (C=O) groups excluding carboxylic acids is 1. The van der Waals surface area contributed by atoms with Gasteiger partial charge in [0.2, 0.25) is 5.91 Å². The highest BCUT2D eigenvalue weighted by atomic mass is 32.2. The van der Waals surface area contributed by atoms with Crippen LogP contribution in [0, 0.1) is 11.8 Å². The second-order valence-corrected chi connectivity index (χ2v) is 9.15. The maximum Gasteiger partial charge on any atom is 0.262 e. The number of hydrogen-bond acceptors (Lipinski definition) is 5. The summed E-state index contributed by atoms with van der Waals surface area (Å²) < 4.78 is 7.23. The summed E-state index contributed by atoms with van der Waals surface area (Å²) in [4.78, 5) is 32.8. The molecule has 0 spiro atoms. The summed E-state index contributed by atoms with van der Waals surface area (Å²) in [5.74, 6) is 1.34. The standard InChI is InChI=1S/C22H29N3O3S/c1-15-6-5-9-19(16(15)2)25-21(27)17-7-3-4-8-18(17)23-22(25)29-14-20(26)24-10-12-28-13-11-24/h3-4,7-8,15-16,19H,5-6,9-14H2,1-2H3. The van der Waals surface area contributed by atoms with Gasteiger partial charge in [0.05, 0.1) is 29.9 Å². The Hall–Kier alpha value is -1.86. The van der Waals surface area contributed by atoms with Crippen LogP contribution in [0.25, 0.3) is 10.9 Å². The molecule has 1 saturated heterocycles. The summed E-state index contributed by atoms with van der Waals surface area (Å²) in [6, 6.07) is 7.65. The molecule has 0 N–H and O–H groups in total. The fraction of sp³-hybridized carbons (Fsp3) is 0.591. The predicted molar refractivity (Wildman–Crippen MR) is 115 cm³/mol. The highest BCUT2D eigenvalue weighted by molar-refractivity contribution is 7.99. The number of para-hydroxylation sites is 1. The summed E-state index contributed by atoms with van der Waals surface area (Å²) in [6.07, 6.45) is 3.30. The van der Waals surface area contributed by atoms with Gasteiger partial charge in [-0.2, -0.15) is 0 Å². The fourth-order valence-corrected chi connectivity index (χ4v) is 5.42. The molecule has 2 fully saturated rings. The number of morpholine rings is 1. The molecule has 0 bridgehead atoms. The SMILES string of the molecule is CC1CCCC(n2c(SCC(=O)N3CCOCC3)nc3ccccc3c2=O)C1C. The molecule has 1 amide bonds. The molecule has 1 aliphatic carbocycles. The Balaban J connectivity index is 1.67. The molecule has 3 unspecified atom stereocenters. The predicted octanol–water partition coefficient (Wildman–Crippen LogP) is 3.34. The lowest BCUT2D eigenvalue weighted by atomic mass is 9.78. The van der Waals surface area contributed by atoms with E-state index in [4.69, 9.17) is 9.72 Å². The van der Waals surface area contributed by atoms with E-state index in [1.807, 2.05) is 33.7 Å². The summed E-state index contributed by atoms with van der Waals surface area (Å²) in [7, 11) is 0. The van der Waals surface area contributed by atoms with Crippen LogP contribution < -0.4 is 5.56 Å². The average Bonchev–Trinajstić information content (AvgIpc) is 2.75. The molecule has 1 aliphatic heterocycles. The monoisotopic (exact) mass is 415 g/mol. The first kappa shape index (κ1) is 20.4. The molecular formula is C22H29N3O3S. The van der Waals surface area contributed by atoms with Crippen molar-refractivity contribution in [1.82, 2.24) is 14.5 Å². The van der Waals surface area contributed by atoms with Gasteiger partial charge in [-0.15, -0.1) is 0 Å². The number of rotatable bonds is 4. The van der Waals surface area contributed by atoms with E-state index in [1.165, 1.54) is 18.2 Å². The molecule has 156 valence electrons. The van der Waals surface area contributed by atoms with Crippen LogP contribution in [-0.4, -0.2) is 52.4 Å². The third-order valence-electron chi connectivity index (χ3n) is 6.46. The Morgan fingerprint density at radius 3 is 2.76 bits per heavy atom. The van der Waals surface area contributed by atoms with E-state index < -0.39 is 0 Å². The minimum absolute atomic E-state index is 0.0165. The molecule has 7 heteroatoms. The van der Waals surface area contributed by atoms with Gasteiger partial charge in [0, 0.05) is 19.1 Å². The van der Waals surface area contributed by atoms with E-state index in [1.54, 1.807) is 0 Å². The Morgan fingerprint density at radius 2 is 1.97 bits per heavy atom. The fourth-order valence-electron chi connectivity index (χ4n) is 4.47. The number of thioether (sulfide) groups is 1. The Kier molecular flexibility index (Phi) is 6.25. The maximum atomic E-state index is 13.4. The number of amides is 1. The summed E-state index contributed by atoms with van der Waals surface area (Å²) in [6.45, 7) is 6.96. The quantitative estimate of drug-likeness (QED) is 0.566. The van der Waals surface area contributed by atoms with Gasteiger partial charge in [-0.1, -0.05) is 50.6 Å². The zero-order chi connectivity index (χ0) is 20.4. The average molecular weight is 416 g/mol. The van der Waals surface area contributed by atoms with Crippen LogP contribution in [0.5, 0.6) is 0 Å². The number of aromatic nitrogens is 2. The van der Waals surface area contributed by atoms with Crippen LogP contribution in [0.1, 0.15) is 39.2 Å². The van der Waals surface area contributed by atoms with Crippen LogP contribution in [0.4, 0.5) is 0 Å². The third-order valence-corrected chi connectivity index (χ3v) is 7.40. The number of nitrogens with zero attached hydrogens (tertiary/aromatic N) is 3. The summed E-state index contributed by atoms with van der Waals surface area (Å²) >= 11 is 1.39. The first-order chi connectivity index (χ1) is 14.1. The second kappa shape index (κ2) is 8.88. The molecule has 2 aromatic rings. The number of ether oxygens (including phenoxy) is 1. The van der Waals surface area contributed by atoms with Crippen LogP contribution in [-0.2, 0) is 9.53 Å². The van der Waals surface area contributed by atoms with Crippen molar-refractivity contribution in [1.29, 1.82) is 0 Å². The van der Waals surface area contributed by atoms with Crippen molar-refractivity contribution >= 4 is 28.6 Å². The van der Waals surface area contributed by atoms with Gasteiger partial charge < -0.3 is 9.64 Å². The zero-order valence-electron chi connectivity index (χ0n) is 17.2. The maximum absolute atomic E-state index is 13.4. The summed E-state index contributed by atoms with van der Waals surface area (Å²) in [5, 5.41) is 1.32. The molecule has 6 nitrogen and oxygen atoms in total. The minimum atomic E-state index is 0.0165. The van der Waals surface area contributed by atoms with Gasteiger partial charge >= 0.3 is 0 Å². The normalized spacial score (nSPS) is 25.3. The van der Waals surface area contributed by atoms with Gasteiger partial charge in [-0.3, -0.25) is 14.2 Å². The van der Waals surface area contributed by atoms with E-state index in [0.29, 0.717) is 60.0 Å². The lowest BCUT2D eigenvalue weighted by Crippen LogP contribution is -2.41. The van der Waals surface area contributed by atoms with E-state index in [-0.39, 0.29) is 17.5 Å². The lowest BCUT2D eigenvalue weighted by molar-refractivity contribution is -0.132. The van der Waals surface area contributed by atoms with E-state index in [0.717, 1.165) is 12.8 Å². The van der Waals surface area contributed by atoms with Crippen molar-refractivity contribution in [2.24, 2.45) is 11.8 Å². The molecule has 2 aliphatic rings. The third kappa shape index (κ3) is 4.21. The first-order valence-electron chi connectivity index (χ1n) is 10.6. The van der Waals surface area contributed by atoms with Gasteiger partial charge in [0.15, 0.2) is 5.16 Å². The molecule has 29 heavy (non-hydrogen) atoms. The van der Waals surface area contributed by atoms with Crippen molar-refractivity contribution in [2.45, 2.75) is 44.3 Å². The van der Waals surface area contributed by atoms with Crippen molar-refractivity contribution in [2.75, 3.05) is 32.1 Å². The van der Waals surface area contributed by atoms with E-state index >= 15 is 0 Å². The van der Waals surface area contributed by atoms with Crippen LogP contribution in [0.3, 0.4) is 0 Å². The molecule has 1 aromatic carbocycles. The van der Waals surface area contributed by atoms with Gasteiger partial charge in [-0.05, 0) is 30.4 Å². The minimum Gasteiger partial charge on any atom is -0.378 e. The highest BCUT2D eigenvalue weighted by Crippen LogP contribution is 2.38. The van der Waals surface area contributed by atoms with Crippen LogP contribution in [0.2, 0.25) is 0 Å². The summed E-state index contributed by atoms with van der Waals surface area (Å²) in [5.41, 5.74) is 0.717. The Labute approximate surface area is 175 Å². The van der Waals surface area contributed by atoms with Crippen molar-refractivity contribution in [3.63, 3.8) is 0 Å². The number of carbonyl (C=O) groups is 1. The second-order valence-electron chi connectivity index (χ2n) is 8.20. The van der Waals surface area contributed by atoms with Crippen molar-refractivity contribution in [3.05, 3.63) is 34.6 Å². The largest absolute Gasteiger partial charge is 0.378 e. The van der Waals surface area contributed by atoms with Gasteiger partial charge in [-0.25, -0.2) is 4.98 Å². The Bertz CT molecular complexity index is 939. The number of fused-ring (bicyclic) bond motifs is 1. The number of benzene rings is 1. The molecule has 2 heterocycles. The molecule has 1 saturated carbocycles. The van der Waals surface area contributed by atoms with Crippen LogP contribution >= 0.6 is 11.8 Å². The molecule has 4 rings (SSSR count). The van der Waals surface area contributed by atoms with Crippen LogP contribution in [0.15, 0.2) is 34.2 Å². The number of hydrogen-bond donors (Lipinski definition) is 0. The smallest absolute Gasteiger partial charge is 0.262 e. The molecule has 3 atom stereocenters. The van der Waals surface area contributed by atoms with Crippen molar-refractivity contribution in [3.8, 4) is 0 Å². The Morgan fingerprint density at radius 1 is 1.21 bits per heavy atom. The van der Waals surface area contributed by atoms with E-state index in [2.05, 4.69) is 13.8 Å². The molecule has 1 aromatic heterocycles. The van der Waals surface area contributed by atoms with Gasteiger partial charge in [0.25, 0.3) is 5.56 Å². The molecule has 0 radical (unpaired) electrons. The van der Waals surface area contributed by atoms with Gasteiger partial charge in [0.1, 0.15) is 0 Å². The highest BCUT2D eigenvalue weighted by Gasteiger charge is 2.31. The first-order valence-corrected chi connectivity index (χ1v) is 11.5. The topological polar surface area (TPSA) is 64.4 Å². The zero-order valence-corrected chi connectivity index (χ0v) is 18.0. The van der Waals surface area contributed by atoms with Crippen molar-refractivity contribution < 1.29 is 9.53 Å². The molecular weight excluding hydrogens is 386 g/mol. The van der Waals surface area contributed by atoms with E-state index in [9.17, 15) is 9.59 Å². The lowest BCUT2D eigenvalue weighted by Gasteiger charge is -2.36.